The molecule has 2 N–H and O–H groups in total. The summed E-state index contributed by atoms with van der Waals surface area (Å²) in [5, 5.41) is 18.1. The number of hydrogen-bond acceptors (Lipinski definition) is 6. The summed E-state index contributed by atoms with van der Waals surface area (Å²) in [5.74, 6) is -1.85. The minimum absolute atomic E-state index is 0.0685. The van der Waals surface area contributed by atoms with Crippen LogP contribution in [0.1, 0.15) is 21.7 Å². The van der Waals surface area contributed by atoms with Gasteiger partial charge in [0.15, 0.2) is 4.34 Å². The number of carboxylic acids is 2. The number of hydrogen-bond donors (Lipinski definition) is 2. The van der Waals surface area contributed by atoms with E-state index in [-0.39, 0.29) is 12.0 Å². The lowest BCUT2D eigenvalue weighted by Gasteiger charge is -1.98. The fraction of sp³-hybridized carbons (Fsp3) is 0.167. The van der Waals surface area contributed by atoms with E-state index in [9.17, 15) is 9.59 Å². The van der Waals surface area contributed by atoms with E-state index in [0.29, 0.717) is 15.8 Å². The lowest BCUT2D eigenvalue weighted by atomic mass is 10.3. The van der Waals surface area contributed by atoms with E-state index in [1.54, 1.807) is 6.20 Å². The van der Waals surface area contributed by atoms with Gasteiger partial charge in [-0.05, 0) is 30.3 Å². The van der Waals surface area contributed by atoms with E-state index >= 15 is 0 Å². The topological polar surface area (TPSA) is 100 Å². The molecular weight excluding hydrogens is 300 g/mol. The van der Waals surface area contributed by atoms with Gasteiger partial charge < -0.3 is 10.2 Å². The molecule has 20 heavy (non-hydrogen) atoms. The van der Waals surface area contributed by atoms with E-state index in [1.807, 2.05) is 0 Å². The smallest absolute Gasteiger partial charge is 0.335 e. The summed E-state index contributed by atoms with van der Waals surface area (Å²) in [7, 11) is 0. The Morgan fingerprint density at radius 1 is 1.30 bits per heavy atom. The van der Waals surface area contributed by atoms with Crippen LogP contribution in [0.25, 0.3) is 0 Å². The normalized spacial score (nSPS) is 10.4. The summed E-state index contributed by atoms with van der Waals surface area (Å²) in [6.45, 7) is 0. The largest absolute Gasteiger partial charge is 0.481 e. The number of thiazole rings is 1. The predicted molar refractivity (Wildman–Crippen MR) is 73.4 cm³/mol. The molecule has 104 valence electrons. The summed E-state index contributed by atoms with van der Waals surface area (Å²) >= 11 is 2.64. The third-order valence-electron chi connectivity index (χ3n) is 2.29. The van der Waals surface area contributed by atoms with Crippen molar-refractivity contribution in [2.24, 2.45) is 0 Å². The van der Waals surface area contributed by atoms with Gasteiger partial charge in [0.05, 0.1) is 12.0 Å². The molecule has 2 rings (SSSR count). The molecule has 0 radical (unpaired) electrons. The van der Waals surface area contributed by atoms with Crippen LogP contribution in [0.4, 0.5) is 0 Å². The SMILES string of the molecule is O=C(O)CCc1cnc(Sc2cc(C(=O)O)ccn2)s1. The summed E-state index contributed by atoms with van der Waals surface area (Å²) < 4.78 is 0.709. The minimum Gasteiger partial charge on any atom is -0.481 e. The molecular formula is C12H10N2O4S2. The first-order chi connectivity index (χ1) is 9.54. The highest BCUT2D eigenvalue weighted by Gasteiger charge is 2.09. The zero-order valence-corrected chi connectivity index (χ0v) is 11.8. The van der Waals surface area contributed by atoms with E-state index in [2.05, 4.69) is 9.97 Å². The Morgan fingerprint density at radius 2 is 2.10 bits per heavy atom. The van der Waals surface area contributed by atoms with E-state index in [1.165, 1.54) is 41.4 Å². The number of carboxylic acid groups (broad SMARTS) is 2. The van der Waals surface area contributed by atoms with Crippen LogP contribution < -0.4 is 0 Å². The molecule has 6 nitrogen and oxygen atoms in total. The van der Waals surface area contributed by atoms with Crippen molar-refractivity contribution in [1.29, 1.82) is 0 Å². The highest BCUT2D eigenvalue weighted by Crippen LogP contribution is 2.30. The highest BCUT2D eigenvalue weighted by molar-refractivity contribution is 8.01. The van der Waals surface area contributed by atoms with Crippen molar-refractivity contribution in [2.45, 2.75) is 22.2 Å². The van der Waals surface area contributed by atoms with Crippen molar-refractivity contribution in [3.63, 3.8) is 0 Å². The molecule has 0 spiro atoms. The van der Waals surface area contributed by atoms with Gasteiger partial charge in [0.1, 0.15) is 5.03 Å². The standard InChI is InChI=1S/C12H10N2O4S2/c15-10(16)2-1-8-6-14-12(19-8)20-9-5-7(11(17)18)3-4-13-9/h3-6H,1-2H2,(H,15,16)(H,17,18). The Morgan fingerprint density at radius 3 is 2.80 bits per heavy atom. The van der Waals surface area contributed by atoms with Gasteiger partial charge in [0.25, 0.3) is 0 Å². The lowest BCUT2D eigenvalue weighted by Crippen LogP contribution is -1.96. The fourth-order valence-corrected chi connectivity index (χ4v) is 3.34. The van der Waals surface area contributed by atoms with Crippen LogP contribution in [0, 0.1) is 0 Å². The molecule has 0 saturated heterocycles. The van der Waals surface area contributed by atoms with Crippen LogP contribution in [0.5, 0.6) is 0 Å². The number of aliphatic carboxylic acids is 1. The Kier molecular flexibility index (Phi) is 4.70. The van der Waals surface area contributed by atoms with Crippen LogP contribution in [-0.4, -0.2) is 32.1 Å². The predicted octanol–water partition coefficient (Wildman–Crippen LogP) is 2.40. The average Bonchev–Trinajstić information content (AvgIpc) is 2.84. The van der Waals surface area contributed by atoms with Crippen LogP contribution >= 0.6 is 23.1 Å². The summed E-state index contributed by atoms with van der Waals surface area (Å²) in [5.41, 5.74) is 0.171. The molecule has 0 aromatic carbocycles. The second-order valence-corrected chi connectivity index (χ2v) is 6.16. The molecule has 8 heteroatoms. The number of rotatable bonds is 6. The maximum absolute atomic E-state index is 10.9. The Hall–Kier alpha value is -1.93. The molecule has 0 aliphatic heterocycles. The molecule has 2 aromatic heterocycles. The number of aromatic nitrogens is 2. The molecule has 0 aliphatic rings. The van der Waals surface area contributed by atoms with Gasteiger partial charge in [-0.3, -0.25) is 4.79 Å². The lowest BCUT2D eigenvalue weighted by molar-refractivity contribution is -0.136. The molecule has 0 saturated carbocycles. The van der Waals surface area contributed by atoms with Gasteiger partial charge in [-0.25, -0.2) is 14.8 Å². The molecule has 0 unspecified atom stereocenters. The van der Waals surface area contributed by atoms with Gasteiger partial charge >= 0.3 is 11.9 Å². The Balaban J connectivity index is 2.04. The number of aromatic carboxylic acids is 1. The van der Waals surface area contributed by atoms with Crippen molar-refractivity contribution < 1.29 is 19.8 Å². The van der Waals surface area contributed by atoms with Crippen molar-refractivity contribution in [1.82, 2.24) is 9.97 Å². The van der Waals surface area contributed by atoms with Crippen LogP contribution in [-0.2, 0) is 11.2 Å². The zero-order chi connectivity index (χ0) is 14.5. The molecule has 0 fully saturated rings. The third kappa shape index (κ3) is 4.04. The minimum atomic E-state index is -1.00. The maximum atomic E-state index is 10.9. The Bertz CT molecular complexity index is 642. The Labute approximate surface area is 122 Å². The number of pyridine rings is 1. The van der Waals surface area contributed by atoms with Crippen LogP contribution in [0.15, 0.2) is 33.9 Å². The molecule has 0 amide bonds. The van der Waals surface area contributed by atoms with Crippen molar-refractivity contribution in [3.8, 4) is 0 Å². The van der Waals surface area contributed by atoms with Crippen molar-refractivity contribution in [2.75, 3.05) is 0 Å². The van der Waals surface area contributed by atoms with E-state index in [4.69, 9.17) is 10.2 Å². The molecule has 0 aliphatic carbocycles. The number of nitrogens with zero attached hydrogens (tertiary/aromatic N) is 2. The van der Waals surface area contributed by atoms with Gasteiger partial charge in [-0.2, -0.15) is 0 Å². The molecule has 0 bridgehead atoms. The first kappa shape index (κ1) is 14.5. The second-order valence-electron chi connectivity index (χ2n) is 3.78. The highest BCUT2D eigenvalue weighted by atomic mass is 32.2. The maximum Gasteiger partial charge on any atom is 0.335 e. The molecule has 2 aromatic rings. The fourth-order valence-electron chi connectivity index (χ4n) is 1.37. The first-order valence-electron chi connectivity index (χ1n) is 5.58. The number of carbonyl (C=O) groups is 2. The second kappa shape index (κ2) is 6.49. The molecule has 2 heterocycles. The number of aryl methyl sites for hydroxylation is 1. The van der Waals surface area contributed by atoms with Gasteiger partial charge in [-0.15, -0.1) is 11.3 Å². The zero-order valence-electron chi connectivity index (χ0n) is 10.1. The van der Waals surface area contributed by atoms with Gasteiger partial charge in [-0.1, -0.05) is 0 Å². The summed E-state index contributed by atoms with van der Waals surface area (Å²) in [6.07, 6.45) is 3.58. The van der Waals surface area contributed by atoms with E-state index in [0.717, 1.165) is 4.88 Å². The van der Waals surface area contributed by atoms with Crippen LogP contribution in [0.3, 0.4) is 0 Å². The van der Waals surface area contributed by atoms with Crippen LogP contribution in [0.2, 0.25) is 0 Å². The van der Waals surface area contributed by atoms with Crippen molar-refractivity contribution >= 4 is 35.0 Å². The first-order valence-corrected chi connectivity index (χ1v) is 7.21. The summed E-state index contributed by atoms with van der Waals surface area (Å²) in [4.78, 5) is 30.5. The molecule has 0 atom stereocenters. The quantitative estimate of drug-likeness (QED) is 0.845. The third-order valence-corrected chi connectivity index (χ3v) is 4.36. The van der Waals surface area contributed by atoms with E-state index < -0.39 is 11.9 Å². The van der Waals surface area contributed by atoms with Crippen molar-refractivity contribution in [3.05, 3.63) is 35.0 Å². The summed E-state index contributed by atoms with van der Waals surface area (Å²) in [6, 6.07) is 2.90. The monoisotopic (exact) mass is 310 g/mol. The van der Waals surface area contributed by atoms with Gasteiger partial charge in [0.2, 0.25) is 0 Å². The average molecular weight is 310 g/mol. The van der Waals surface area contributed by atoms with Gasteiger partial charge in [0, 0.05) is 17.3 Å².